The number of aryl methyl sites for hydroxylation is 1. The molecule has 0 bridgehead atoms. The van der Waals surface area contributed by atoms with Crippen LogP contribution in [-0.4, -0.2) is 9.55 Å². The molecule has 0 saturated carbocycles. The highest BCUT2D eigenvalue weighted by atomic mass is 79.9. The minimum Gasteiger partial charge on any atom is -0.295 e. The molecule has 1 heterocycles. The van der Waals surface area contributed by atoms with E-state index in [0.29, 0.717) is 5.88 Å². The van der Waals surface area contributed by atoms with Gasteiger partial charge in [-0.2, -0.15) is 0 Å². The van der Waals surface area contributed by atoms with Gasteiger partial charge in [0, 0.05) is 8.95 Å². The van der Waals surface area contributed by atoms with E-state index in [1.807, 2.05) is 12.1 Å². The van der Waals surface area contributed by atoms with Gasteiger partial charge in [0.15, 0.2) is 0 Å². The minimum atomic E-state index is 0.380. The number of rotatable bonds is 3. The zero-order valence-corrected chi connectivity index (χ0v) is 15.3. The first-order valence-corrected chi connectivity index (χ1v) is 8.77. The van der Waals surface area contributed by atoms with Crippen LogP contribution >= 0.6 is 43.5 Å². The normalized spacial score (nSPS) is 11.2. The lowest BCUT2D eigenvalue weighted by Crippen LogP contribution is -2.03. The van der Waals surface area contributed by atoms with Gasteiger partial charge in [-0.1, -0.05) is 38.8 Å². The summed E-state index contributed by atoms with van der Waals surface area (Å²) >= 11 is 13.1. The Hall–Kier alpha value is -0.840. The molecule has 21 heavy (non-hydrogen) atoms. The topological polar surface area (TPSA) is 17.8 Å². The molecule has 2 aromatic carbocycles. The molecule has 3 aromatic rings. The molecule has 0 aliphatic carbocycles. The summed E-state index contributed by atoms with van der Waals surface area (Å²) in [5, 5.41) is 0. The zero-order valence-electron chi connectivity index (χ0n) is 11.4. The summed E-state index contributed by atoms with van der Waals surface area (Å²) in [5.41, 5.74) is 4.43. The molecule has 0 fully saturated rings. The van der Waals surface area contributed by atoms with Crippen LogP contribution in [0.15, 0.2) is 45.3 Å². The van der Waals surface area contributed by atoms with E-state index in [-0.39, 0.29) is 0 Å². The molecule has 0 radical (unpaired) electrons. The molecule has 0 aliphatic heterocycles. The van der Waals surface area contributed by atoms with Crippen LogP contribution < -0.4 is 0 Å². The largest absolute Gasteiger partial charge is 0.295 e. The monoisotopic (exact) mass is 426 g/mol. The van der Waals surface area contributed by atoms with Crippen LogP contribution in [0.4, 0.5) is 0 Å². The summed E-state index contributed by atoms with van der Waals surface area (Å²) in [6.45, 7) is 2.15. The molecule has 1 aromatic heterocycles. The Kier molecular flexibility index (Phi) is 4.38. The molecule has 2 nitrogen and oxygen atoms in total. The van der Waals surface area contributed by atoms with Gasteiger partial charge in [0.2, 0.25) is 0 Å². The Morgan fingerprint density at radius 2 is 1.81 bits per heavy atom. The zero-order chi connectivity index (χ0) is 15.0. The van der Waals surface area contributed by atoms with E-state index in [4.69, 9.17) is 11.6 Å². The van der Waals surface area contributed by atoms with Crippen molar-refractivity contribution in [1.29, 1.82) is 0 Å². The third kappa shape index (κ3) is 2.77. The maximum atomic E-state index is 6.12. The fraction of sp³-hybridized carbons (Fsp3) is 0.188. The van der Waals surface area contributed by atoms with E-state index in [9.17, 15) is 0 Å². The number of halogens is 3. The Morgan fingerprint density at radius 3 is 2.52 bits per heavy atom. The maximum Gasteiger partial charge on any atom is 0.129 e. The molecule has 108 valence electrons. The third-order valence-electron chi connectivity index (χ3n) is 3.47. The molecule has 0 amide bonds. The highest BCUT2D eigenvalue weighted by Crippen LogP contribution is 2.28. The second-order valence-corrected chi connectivity index (χ2v) is 6.86. The lowest BCUT2D eigenvalue weighted by molar-refractivity contribution is 0.954. The van der Waals surface area contributed by atoms with Gasteiger partial charge < -0.3 is 0 Å². The first kappa shape index (κ1) is 15.1. The number of fused-ring (bicyclic) bond motifs is 1. The van der Waals surface area contributed by atoms with E-state index < -0.39 is 0 Å². The van der Waals surface area contributed by atoms with Crippen molar-refractivity contribution in [3.8, 4) is 5.69 Å². The number of nitrogens with zero attached hydrogens (tertiary/aromatic N) is 2. The predicted molar refractivity (Wildman–Crippen MR) is 95.4 cm³/mol. The smallest absolute Gasteiger partial charge is 0.129 e. The van der Waals surface area contributed by atoms with Crippen molar-refractivity contribution in [3.63, 3.8) is 0 Å². The average Bonchev–Trinajstić information content (AvgIpc) is 2.84. The highest BCUT2D eigenvalue weighted by molar-refractivity contribution is 9.10. The van der Waals surface area contributed by atoms with E-state index >= 15 is 0 Å². The van der Waals surface area contributed by atoms with Crippen molar-refractivity contribution >= 4 is 54.5 Å². The molecule has 0 saturated heterocycles. The summed E-state index contributed by atoms with van der Waals surface area (Å²) in [6, 6.07) is 12.4. The van der Waals surface area contributed by atoms with Crippen molar-refractivity contribution in [2.24, 2.45) is 0 Å². The molecule has 3 rings (SSSR count). The van der Waals surface area contributed by atoms with E-state index in [2.05, 4.69) is 72.6 Å². The van der Waals surface area contributed by atoms with Crippen LogP contribution in [0, 0.1) is 0 Å². The number of aromatic nitrogens is 2. The van der Waals surface area contributed by atoms with Crippen LogP contribution in [0.5, 0.6) is 0 Å². The summed E-state index contributed by atoms with van der Waals surface area (Å²) in [7, 11) is 0. The van der Waals surface area contributed by atoms with Crippen LogP contribution in [0.2, 0.25) is 0 Å². The summed E-state index contributed by atoms with van der Waals surface area (Å²) < 4.78 is 4.26. The second kappa shape index (κ2) is 6.11. The van der Waals surface area contributed by atoms with Crippen molar-refractivity contribution in [1.82, 2.24) is 9.55 Å². The van der Waals surface area contributed by atoms with Crippen molar-refractivity contribution < 1.29 is 0 Å². The van der Waals surface area contributed by atoms with Crippen molar-refractivity contribution in [2.45, 2.75) is 19.2 Å². The predicted octanol–water partition coefficient (Wildman–Crippen LogP) is 5.85. The first-order valence-electron chi connectivity index (χ1n) is 6.65. The van der Waals surface area contributed by atoms with Gasteiger partial charge >= 0.3 is 0 Å². The molecule has 0 N–H and O–H groups in total. The van der Waals surface area contributed by atoms with E-state index in [1.54, 1.807) is 0 Å². The van der Waals surface area contributed by atoms with Gasteiger partial charge in [0.05, 0.1) is 22.6 Å². The molecule has 0 unspecified atom stereocenters. The standard InChI is InChI=1S/C16H13Br2ClN2/c1-2-10-7-11(17)3-5-14(10)21-15-6-4-12(18)8-13(15)20-16(21)9-19/h3-8H,2,9H2,1H3. The fourth-order valence-electron chi connectivity index (χ4n) is 2.52. The SMILES string of the molecule is CCc1cc(Br)ccc1-n1c(CCl)nc2cc(Br)ccc21. The molecule has 0 atom stereocenters. The number of benzene rings is 2. The Labute approximate surface area is 145 Å². The van der Waals surface area contributed by atoms with Crippen molar-refractivity contribution in [3.05, 3.63) is 56.7 Å². The van der Waals surface area contributed by atoms with E-state index in [0.717, 1.165) is 37.9 Å². The van der Waals surface area contributed by atoms with Gasteiger partial charge in [0.25, 0.3) is 0 Å². The summed E-state index contributed by atoms with van der Waals surface area (Å²) in [5.74, 6) is 1.24. The van der Waals surface area contributed by atoms with Gasteiger partial charge in [-0.15, -0.1) is 11.6 Å². The number of hydrogen-bond acceptors (Lipinski definition) is 1. The van der Waals surface area contributed by atoms with Crippen LogP contribution in [0.1, 0.15) is 18.3 Å². The van der Waals surface area contributed by atoms with Gasteiger partial charge in [-0.05, 0) is 48.4 Å². The maximum absolute atomic E-state index is 6.12. The molecule has 0 spiro atoms. The quantitative estimate of drug-likeness (QED) is 0.479. The van der Waals surface area contributed by atoms with Gasteiger partial charge in [-0.3, -0.25) is 4.57 Å². The second-order valence-electron chi connectivity index (χ2n) is 4.76. The lowest BCUT2D eigenvalue weighted by atomic mass is 10.1. The minimum absolute atomic E-state index is 0.380. The van der Waals surface area contributed by atoms with Crippen LogP contribution in [0.3, 0.4) is 0 Å². The number of alkyl halides is 1. The molecular formula is C16H13Br2ClN2. The van der Waals surface area contributed by atoms with Gasteiger partial charge in [0.1, 0.15) is 5.82 Å². The van der Waals surface area contributed by atoms with Crippen LogP contribution in [0.25, 0.3) is 16.7 Å². The first-order chi connectivity index (χ1) is 10.1. The third-order valence-corrected chi connectivity index (χ3v) is 4.69. The Balaban J connectivity index is 2.33. The summed E-state index contributed by atoms with van der Waals surface area (Å²) in [4.78, 5) is 4.66. The Bertz CT molecular complexity index is 811. The number of hydrogen-bond donors (Lipinski definition) is 0. The molecule has 0 aliphatic rings. The van der Waals surface area contributed by atoms with Crippen molar-refractivity contribution in [2.75, 3.05) is 0 Å². The lowest BCUT2D eigenvalue weighted by Gasteiger charge is -2.13. The average molecular weight is 429 g/mol. The van der Waals surface area contributed by atoms with Gasteiger partial charge in [-0.25, -0.2) is 4.98 Å². The van der Waals surface area contributed by atoms with Crippen LogP contribution in [-0.2, 0) is 12.3 Å². The molecule has 5 heteroatoms. The highest BCUT2D eigenvalue weighted by Gasteiger charge is 2.14. The molecular weight excluding hydrogens is 415 g/mol. The Morgan fingerprint density at radius 1 is 1.10 bits per heavy atom. The number of imidazole rings is 1. The summed E-state index contributed by atoms with van der Waals surface area (Å²) in [6.07, 6.45) is 0.951. The van der Waals surface area contributed by atoms with E-state index in [1.165, 1.54) is 5.56 Å². The fourth-order valence-corrected chi connectivity index (χ4v) is 3.45.